The third kappa shape index (κ3) is 9.74. The van der Waals surface area contributed by atoms with Crippen LogP contribution in [0.3, 0.4) is 0 Å². The minimum absolute atomic E-state index is 0.0153. The second-order valence-corrected chi connectivity index (χ2v) is 9.26. The standard InChI is InChI=1S/C25H35N7O7/c1-3-13(2)21(24(37)31-19(25(38)39)8-14-4-6-16(33)7-5-14)32-23(36)18(9-15-11-28-12-29-15)30-22(35)17(26)10-20(27)34/h4-7,11-13,17-19,21,33H,3,8-10,26H2,1-2H3,(H2,27,34)(H,28,29)(H,30,35)(H,31,37)(H,32,36)(H,38,39). The van der Waals surface area contributed by atoms with Gasteiger partial charge >= 0.3 is 5.97 Å². The van der Waals surface area contributed by atoms with Crippen molar-refractivity contribution in [3.8, 4) is 5.75 Å². The van der Waals surface area contributed by atoms with Crippen LogP contribution >= 0.6 is 0 Å². The van der Waals surface area contributed by atoms with Crippen LogP contribution in [0.25, 0.3) is 0 Å². The number of hydrogen-bond donors (Lipinski definition) is 8. The number of nitrogens with one attached hydrogen (secondary N) is 4. The molecular weight excluding hydrogens is 510 g/mol. The lowest BCUT2D eigenvalue weighted by Gasteiger charge is -2.28. The molecule has 0 aliphatic rings. The van der Waals surface area contributed by atoms with Crippen LogP contribution in [0.4, 0.5) is 0 Å². The maximum absolute atomic E-state index is 13.3. The maximum atomic E-state index is 13.3. The first kappa shape index (κ1) is 30.8. The Labute approximate surface area is 224 Å². The first-order valence-electron chi connectivity index (χ1n) is 12.3. The Bertz CT molecular complexity index is 1140. The number of imidazole rings is 1. The zero-order valence-corrected chi connectivity index (χ0v) is 21.7. The molecule has 4 amide bonds. The second kappa shape index (κ2) is 14.5. The third-order valence-corrected chi connectivity index (χ3v) is 6.15. The number of phenolic OH excluding ortho intramolecular Hbond substituents is 1. The van der Waals surface area contributed by atoms with Gasteiger partial charge in [0.1, 0.15) is 23.9 Å². The van der Waals surface area contributed by atoms with Crippen LogP contribution in [0.15, 0.2) is 36.8 Å². The highest BCUT2D eigenvalue weighted by Crippen LogP contribution is 2.13. The van der Waals surface area contributed by atoms with Crippen molar-refractivity contribution in [3.63, 3.8) is 0 Å². The molecule has 1 aromatic heterocycles. The van der Waals surface area contributed by atoms with E-state index in [9.17, 15) is 34.2 Å². The summed E-state index contributed by atoms with van der Waals surface area (Å²) in [5.74, 6) is -4.70. The van der Waals surface area contributed by atoms with E-state index in [0.717, 1.165) is 0 Å². The Morgan fingerprint density at radius 3 is 2.15 bits per heavy atom. The number of rotatable bonds is 15. The Morgan fingerprint density at radius 1 is 0.974 bits per heavy atom. The molecule has 0 bridgehead atoms. The van der Waals surface area contributed by atoms with Crippen molar-refractivity contribution in [3.05, 3.63) is 48.0 Å². The van der Waals surface area contributed by atoms with Gasteiger partial charge in [-0.2, -0.15) is 0 Å². The summed E-state index contributed by atoms with van der Waals surface area (Å²) < 4.78 is 0. The van der Waals surface area contributed by atoms with E-state index in [-0.39, 0.29) is 18.6 Å². The highest BCUT2D eigenvalue weighted by molar-refractivity contribution is 5.95. The Kier molecular flexibility index (Phi) is 11.4. The van der Waals surface area contributed by atoms with Gasteiger partial charge < -0.3 is 42.6 Å². The van der Waals surface area contributed by atoms with Crippen LogP contribution < -0.4 is 27.4 Å². The van der Waals surface area contributed by atoms with Crippen molar-refractivity contribution in [2.75, 3.05) is 0 Å². The third-order valence-electron chi connectivity index (χ3n) is 6.15. The molecule has 2 aromatic rings. The van der Waals surface area contributed by atoms with E-state index in [4.69, 9.17) is 11.5 Å². The Hall–Kier alpha value is -4.46. The molecule has 0 aliphatic heterocycles. The zero-order chi connectivity index (χ0) is 29.1. The number of phenols is 1. The monoisotopic (exact) mass is 545 g/mol. The number of carboxylic acid groups (broad SMARTS) is 1. The van der Waals surface area contributed by atoms with E-state index >= 15 is 0 Å². The highest BCUT2D eigenvalue weighted by atomic mass is 16.4. The number of benzene rings is 1. The Balaban J connectivity index is 2.21. The fraction of sp³-hybridized carbons (Fsp3) is 0.440. The Morgan fingerprint density at radius 2 is 1.62 bits per heavy atom. The number of carbonyl (C=O) groups is 5. The molecule has 0 aliphatic carbocycles. The number of carboxylic acids is 1. The molecule has 5 unspecified atom stereocenters. The van der Waals surface area contributed by atoms with Crippen molar-refractivity contribution in [1.82, 2.24) is 25.9 Å². The van der Waals surface area contributed by atoms with Gasteiger partial charge in [-0.15, -0.1) is 0 Å². The molecule has 1 heterocycles. The highest BCUT2D eigenvalue weighted by Gasteiger charge is 2.33. The number of hydrogen-bond acceptors (Lipinski definition) is 8. The number of nitrogens with zero attached hydrogens (tertiary/aromatic N) is 1. The summed E-state index contributed by atoms with van der Waals surface area (Å²) in [5.41, 5.74) is 11.9. The van der Waals surface area contributed by atoms with Crippen molar-refractivity contribution < 1.29 is 34.2 Å². The van der Waals surface area contributed by atoms with Gasteiger partial charge in [-0.1, -0.05) is 32.4 Å². The lowest BCUT2D eigenvalue weighted by Crippen LogP contribution is -2.59. The topological polar surface area (TPSA) is 243 Å². The molecule has 0 saturated carbocycles. The lowest BCUT2D eigenvalue weighted by atomic mass is 9.96. The van der Waals surface area contributed by atoms with Gasteiger partial charge in [0.05, 0.1) is 18.8 Å². The first-order chi connectivity index (χ1) is 18.4. The predicted molar refractivity (Wildman–Crippen MR) is 139 cm³/mol. The van der Waals surface area contributed by atoms with E-state index in [1.165, 1.54) is 36.8 Å². The molecular formula is C25H35N7O7. The van der Waals surface area contributed by atoms with Crippen molar-refractivity contribution >= 4 is 29.6 Å². The normalized spacial score (nSPS) is 14.7. The van der Waals surface area contributed by atoms with Gasteiger partial charge in [-0.3, -0.25) is 19.2 Å². The minimum atomic E-state index is -1.31. The number of amides is 4. The van der Waals surface area contributed by atoms with Gasteiger partial charge in [0, 0.05) is 24.7 Å². The number of aromatic amines is 1. The van der Waals surface area contributed by atoms with Gasteiger partial charge in [-0.25, -0.2) is 9.78 Å². The van der Waals surface area contributed by atoms with E-state index < -0.39 is 66.1 Å². The van der Waals surface area contributed by atoms with Crippen LogP contribution in [-0.2, 0) is 36.8 Å². The van der Waals surface area contributed by atoms with Crippen LogP contribution in [0, 0.1) is 5.92 Å². The number of aromatic hydroxyl groups is 1. The van der Waals surface area contributed by atoms with E-state index in [0.29, 0.717) is 17.7 Å². The molecule has 1 aromatic carbocycles. The molecule has 39 heavy (non-hydrogen) atoms. The van der Waals surface area contributed by atoms with Crippen LogP contribution in [-0.4, -0.2) is 73.9 Å². The molecule has 2 rings (SSSR count). The fourth-order valence-corrected chi connectivity index (χ4v) is 3.70. The van der Waals surface area contributed by atoms with E-state index in [1.807, 2.05) is 0 Å². The van der Waals surface area contributed by atoms with Crippen LogP contribution in [0.1, 0.15) is 37.9 Å². The number of aliphatic carboxylic acids is 1. The van der Waals surface area contributed by atoms with Crippen LogP contribution in [0.5, 0.6) is 5.75 Å². The molecule has 212 valence electrons. The molecule has 10 N–H and O–H groups in total. The van der Waals surface area contributed by atoms with Gasteiger partial charge in [0.25, 0.3) is 0 Å². The maximum Gasteiger partial charge on any atom is 0.326 e. The summed E-state index contributed by atoms with van der Waals surface area (Å²) in [4.78, 5) is 68.8. The minimum Gasteiger partial charge on any atom is -0.508 e. The number of H-pyrrole nitrogens is 1. The molecule has 5 atom stereocenters. The van der Waals surface area contributed by atoms with Gasteiger partial charge in [0.15, 0.2) is 0 Å². The SMILES string of the molecule is CCC(C)C(NC(=O)C(Cc1cnc[nH]1)NC(=O)C(N)CC(N)=O)C(=O)NC(Cc1ccc(O)cc1)C(=O)O. The summed E-state index contributed by atoms with van der Waals surface area (Å²) in [6, 6.07) is 0.952. The lowest BCUT2D eigenvalue weighted by molar-refractivity contribution is -0.142. The zero-order valence-electron chi connectivity index (χ0n) is 21.7. The number of carbonyl (C=O) groups excluding carboxylic acids is 4. The molecule has 14 heteroatoms. The largest absolute Gasteiger partial charge is 0.508 e. The number of primary amides is 1. The number of aromatic nitrogens is 2. The molecule has 14 nitrogen and oxygen atoms in total. The molecule has 0 spiro atoms. The molecule has 0 saturated heterocycles. The summed E-state index contributed by atoms with van der Waals surface area (Å²) in [5, 5.41) is 26.7. The number of nitrogens with two attached hydrogens (primary N) is 2. The van der Waals surface area contributed by atoms with Crippen molar-refractivity contribution in [2.24, 2.45) is 17.4 Å². The quantitative estimate of drug-likeness (QED) is 0.132. The first-order valence-corrected chi connectivity index (χ1v) is 12.3. The average Bonchev–Trinajstić information content (AvgIpc) is 3.39. The summed E-state index contributed by atoms with van der Waals surface area (Å²) in [6.45, 7) is 3.51. The smallest absolute Gasteiger partial charge is 0.326 e. The molecule has 0 radical (unpaired) electrons. The summed E-state index contributed by atoms with van der Waals surface area (Å²) >= 11 is 0. The predicted octanol–water partition coefficient (Wildman–Crippen LogP) is -1.31. The van der Waals surface area contributed by atoms with Crippen molar-refractivity contribution in [1.29, 1.82) is 0 Å². The van der Waals surface area contributed by atoms with Gasteiger partial charge in [0.2, 0.25) is 23.6 Å². The van der Waals surface area contributed by atoms with Crippen LogP contribution in [0.2, 0.25) is 0 Å². The second-order valence-electron chi connectivity index (χ2n) is 9.26. The van der Waals surface area contributed by atoms with E-state index in [1.54, 1.807) is 13.8 Å². The fourth-order valence-electron chi connectivity index (χ4n) is 3.70. The average molecular weight is 546 g/mol. The van der Waals surface area contributed by atoms with Crippen molar-refractivity contribution in [2.45, 2.75) is 63.7 Å². The van der Waals surface area contributed by atoms with Gasteiger partial charge in [-0.05, 0) is 23.6 Å². The van der Waals surface area contributed by atoms with E-state index in [2.05, 4.69) is 25.9 Å². The summed E-state index contributed by atoms with van der Waals surface area (Å²) in [7, 11) is 0. The summed E-state index contributed by atoms with van der Waals surface area (Å²) in [6.07, 6.45) is 2.79. The molecule has 0 fully saturated rings.